The summed E-state index contributed by atoms with van der Waals surface area (Å²) in [6.45, 7) is 12.4. The largest absolute Gasteiger partial charge is 0.482 e. The van der Waals surface area contributed by atoms with Crippen LogP contribution < -0.4 is 10.4 Å². The van der Waals surface area contributed by atoms with Crippen molar-refractivity contribution in [2.75, 3.05) is 6.61 Å². The van der Waals surface area contributed by atoms with E-state index in [0.29, 0.717) is 24.8 Å². The van der Waals surface area contributed by atoms with Crippen LogP contribution in [0, 0.1) is 28.6 Å². The van der Waals surface area contributed by atoms with E-state index in [4.69, 9.17) is 23.4 Å². The van der Waals surface area contributed by atoms with Crippen molar-refractivity contribution in [2.45, 2.75) is 104 Å². The standard InChI is InChI=1S/C35H45NO10/c1-19(2)10-11-28(39)45-27-16-25-33(5,13-12-26(43-21(4)38)34(25,6)18-42-20(3)37)31-30(40)29-24(46-35(27,31)7)15-23(44-32(29)41)22-9-8-14-36-17-22/h8-9,14-15,17,19,25-27,30-31,40H,10-13,16,18H2,1-7H3/t25?,26-,27-,30-,31?,33-,34-,35+/m0/s1. The van der Waals surface area contributed by atoms with E-state index in [-0.39, 0.29) is 48.4 Å². The van der Waals surface area contributed by atoms with E-state index >= 15 is 0 Å². The number of pyridine rings is 1. The minimum atomic E-state index is -1.35. The minimum Gasteiger partial charge on any atom is -0.482 e. The fourth-order valence-electron chi connectivity index (χ4n) is 8.46. The summed E-state index contributed by atoms with van der Waals surface area (Å²) < 4.78 is 30.1. The number of fused-ring (bicyclic) bond motifs is 4. The number of rotatable bonds is 8. The zero-order chi connectivity index (χ0) is 33.6. The number of aliphatic hydroxyl groups is 1. The molecule has 2 aromatic heterocycles. The highest BCUT2D eigenvalue weighted by molar-refractivity contribution is 5.70. The fraction of sp³-hybridized carbons (Fsp3) is 0.629. The number of aliphatic hydroxyl groups excluding tert-OH is 1. The van der Waals surface area contributed by atoms with E-state index in [2.05, 4.69) is 4.98 Å². The summed E-state index contributed by atoms with van der Waals surface area (Å²) in [5.41, 5.74) is -3.11. The third-order valence-electron chi connectivity index (χ3n) is 10.6. The van der Waals surface area contributed by atoms with Crippen molar-refractivity contribution >= 4 is 17.9 Å². The van der Waals surface area contributed by atoms with Gasteiger partial charge in [-0.1, -0.05) is 27.7 Å². The monoisotopic (exact) mass is 639 g/mol. The van der Waals surface area contributed by atoms with Crippen molar-refractivity contribution in [1.82, 2.24) is 4.98 Å². The maximum Gasteiger partial charge on any atom is 0.345 e. The van der Waals surface area contributed by atoms with Gasteiger partial charge < -0.3 is 28.5 Å². The molecule has 0 amide bonds. The van der Waals surface area contributed by atoms with Crippen LogP contribution in [0.2, 0.25) is 0 Å². The van der Waals surface area contributed by atoms with Gasteiger partial charge in [0.15, 0.2) is 0 Å². The van der Waals surface area contributed by atoms with E-state index in [1.54, 1.807) is 30.6 Å². The normalized spacial score (nSPS) is 33.1. The second-order valence-electron chi connectivity index (χ2n) is 14.3. The molecule has 1 aliphatic heterocycles. The second-order valence-corrected chi connectivity index (χ2v) is 14.3. The van der Waals surface area contributed by atoms with Crippen LogP contribution in [0.1, 0.15) is 92.2 Å². The van der Waals surface area contributed by atoms with Crippen LogP contribution >= 0.6 is 0 Å². The first-order valence-electron chi connectivity index (χ1n) is 16.1. The lowest BCUT2D eigenvalue weighted by Crippen LogP contribution is -2.71. The molecule has 2 unspecified atom stereocenters. The van der Waals surface area contributed by atoms with Crippen LogP contribution in [0.15, 0.2) is 39.8 Å². The van der Waals surface area contributed by atoms with E-state index in [9.17, 15) is 24.3 Å². The van der Waals surface area contributed by atoms with Crippen LogP contribution in [0.4, 0.5) is 0 Å². The zero-order valence-corrected chi connectivity index (χ0v) is 27.7. The average Bonchev–Trinajstić information content (AvgIpc) is 2.97. The number of hydrogen-bond acceptors (Lipinski definition) is 11. The van der Waals surface area contributed by atoms with Gasteiger partial charge in [-0.05, 0) is 62.0 Å². The Morgan fingerprint density at radius 1 is 1.11 bits per heavy atom. The summed E-state index contributed by atoms with van der Waals surface area (Å²) >= 11 is 0. The summed E-state index contributed by atoms with van der Waals surface area (Å²) in [6.07, 6.45) is 2.38. The highest BCUT2D eigenvalue weighted by atomic mass is 16.6. The highest BCUT2D eigenvalue weighted by Gasteiger charge is 2.70. The maximum atomic E-state index is 13.6. The number of hydrogen-bond donors (Lipinski definition) is 1. The number of esters is 3. The van der Waals surface area contributed by atoms with Crippen LogP contribution in [0.3, 0.4) is 0 Å². The first-order chi connectivity index (χ1) is 21.6. The Bertz CT molecular complexity index is 1540. The molecule has 2 fully saturated rings. The molecule has 0 radical (unpaired) electrons. The first kappa shape index (κ1) is 33.6. The molecule has 5 rings (SSSR count). The van der Waals surface area contributed by atoms with E-state index in [1.807, 2.05) is 34.6 Å². The number of ether oxygens (including phenoxy) is 4. The van der Waals surface area contributed by atoms with Gasteiger partial charge in [0.25, 0.3) is 0 Å². The van der Waals surface area contributed by atoms with Crippen molar-refractivity contribution in [2.24, 2.45) is 28.6 Å². The van der Waals surface area contributed by atoms with Gasteiger partial charge in [0.05, 0.1) is 6.10 Å². The summed E-state index contributed by atoms with van der Waals surface area (Å²) in [6, 6.07) is 5.04. The second kappa shape index (κ2) is 12.5. The molecule has 11 nitrogen and oxygen atoms in total. The maximum absolute atomic E-state index is 13.6. The smallest absolute Gasteiger partial charge is 0.345 e. The zero-order valence-electron chi connectivity index (χ0n) is 27.7. The lowest BCUT2D eigenvalue weighted by Gasteiger charge is -2.66. The van der Waals surface area contributed by atoms with Crippen molar-refractivity contribution in [3.8, 4) is 17.1 Å². The molecule has 3 heterocycles. The molecule has 8 atom stereocenters. The van der Waals surface area contributed by atoms with Gasteiger partial charge in [0, 0.05) is 55.6 Å². The number of carbonyl (C=O) groups excluding carboxylic acids is 3. The molecule has 46 heavy (non-hydrogen) atoms. The molecule has 2 aromatic rings. The summed E-state index contributed by atoms with van der Waals surface area (Å²) in [4.78, 5) is 55.3. The van der Waals surface area contributed by atoms with E-state index in [1.165, 1.54) is 13.8 Å². The molecule has 0 aromatic carbocycles. The molecule has 2 saturated carbocycles. The first-order valence-corrected chi connectivity index (χ1v) is 16.1. The Labute approximate surface area is 269 Å². The molecule has 0 bridgehead atoms. The van der Waals surface area contributed by atoms with Crippen LogP contribution in [0.25, 0.3) is 11.3 Å². The van der Waals surface area contributed by atoms with Gasteiger partial charge in [-0.2, -0.15) is 0 Å². The highest BCUT2D eigenvalue weighted by Crippen LogP contribution is 2.67. The van der Waals surface area contributed by atoms with Crippen LogP contribution in [0.5, 0.6) is 5.75 Å². The molecular weight excluding hydrogens is 594 g/mol. The van der Waals surface area contributed by atoms with Crippen molar-refractivity contribution in [1.29, 1.82) is 0 Å². The van der Waals surface area contributed by atoms with Gasteiger partial charge in [-0.3, -0.25) is 19.4 Å². The minimum absolute atomic E-state index is 0.00864. The topological polar surface area (TPSA) is 151 Å². The molecule has 1 N–H and O–H groups in total. The fourth-order valence-corrected chi connectivity index (χ4v) is 8.46. The summed E-state index contributed by atoms with van der Waals surface area (Å²) in [5, 5.41) is 12.2. The molecule has 250 valence electrons. The van der Waals surface area contributed by atoms with Crippen molar-refractivity contribution < 1.29 is 42.9 Å². The quantitative estimate of drug-likeness (QED) is 0.301. The lowest BCUT2D eigenvalue weighted by molar-refractivity contribution is -0.271. The molecule has 0 saturated heterocycles. The van der Waals surface area contributed by atoms with Gasteiger partial charge in [-0.15, -0.1) is 0 Å². The van der Waals surface area contributed by atoms with Crippen molar-refractivity contribution in [3.63, 3.8) is 0 Å². The number of aromatic nitrogens is 1. The molecular formula is C35H45NO10. The Morgan fingerprint density at radius 3 is 2.48 bits per heavy atom. The summed E-state index contributed by atoms with van der Waals surface area (Å²) in [5.74, 6) is -1.82. The Hall–Kier alpha value is -3.73. The van der Waals surface area contributed by atoms with Gasteiger partial charge in [0.2, 0.25) is 0 Å². The molecule has 3 aliphatic rings. The van der Waals surface area contributed by atoms with Crippen LogP contribution in [-0.2, 0) is 28.6 Å². The van der Waals surface area contributed by atoms with Crippen molar-refractivity contribution in [3.05, 3.63) is 46.6 Å². The number of carbonyl (C=O) groups is 3. The average molecular weight is 640 g/mol. The van der Waals surface area contributed by atoms with Crippen LogP contribution in [-0.4, -0.2) is 52.4 Å². The Kier molecular flexibility index (Phi) is 9.11. The number of nitrogens with zero attached hydrogens (tertiary/aromatic N) is 1. The van der Waals surface area contributed by atoms with Gasteiger partial charge >= 0.3 is 23.5 Å². The Morgan fingerprint density at radius 2 is 1.85 bits per heavy atom. The lowest BCUT2D eigenvalue weighted by atomic mass is 9.42. The van der Waals surface area contributed by atoms with E-state index < -0.39 is 64.2 Å². The molecule has 11 heteroatoms. The SMILES string of the molecule is CC(=O)OC[C@@]1(C)C2C[C@H](OC(=O)CCC(C)C)[C@@]3(C)Oc4cc(-c5cccnc5)oc(=O)c4[C@H](O)C3[C@@]2(C)CC[C@@H]1OC(C)=O. The van der Waals surface area contributed by atoms with E-state index in [0.717, 1.165) is 0 Å². The van der Waals surface area contributed by atoms with Gasteiger partial charge in [-0.25, -0.2) is 4.79 Å². The summed E-state index contributed by atoms with van der Waals surface area (Å²) in [7, 11) is 0. The third-order valence-corrected chi connectivity index (χ3v) is 10.6. The van der Waals surface area contributed by atoms with Gasteiger partial charge in [0.1, 0.15) is 41.5 Å². The molecule has 0 spiro atoms. The third kappa shape index (κ3) is 5.94. The predicted octanol–water partition coefficient (Wildman–Crippen LogP) is 5.17. The molecule has 2 aliphatic carbocycles. The predicted molar refractivity (Wildman–Crippen MR) is 165 cm³/mol. The Balaban J connectivity index is 1.65.